The Hall–Kier alpha value is -0.590. The summed E-state index contributed by atoms with van der Waals surface area (Å²) < 4.78 is 15.8. The minimum absolute atomic E-state index is 0.147. The predicted molar refractivity (Wildman–Crippen MR) is 81.0 cm³/mol. The highest BCUT2D eigenvalue weighted by molar-refractivity contribution is 7.99. The largest absolute Gasteiger partial charge is 0.390 e. The zero-order valence-corrected chi connectivity index (χ0v) is 13.4. The summed E-state index contributed by atoms with van der Waals surface area (Å²) in [5.41, 5.74) is 0.975. The van der Waals surface area contributed by atoms with Crippen molar-refractivity contribution in [2.75, 3.05) is 26.6 Å². The van der Waals surface area contributed by atoms with Crippen LogP contribution in [0.5, 0.6) is 0 Å². The topological polar surface area (TPSA) is 47.9 Å². The third-order valence-electron chi connectivity index (χ3n) is 2.64. The van der Waals surface area contributed by atoms with Crippen LogP contribution in [0.25, 0.3) is 0 Å². The molecule has 114 valence electrons. The van der Waals surface area contributed by atoms with Crippen molar-refractivity contribution < 1.29 is 19.3 Å². The number of aliphatic hydroxyl groups is 1. The van der Waals surface area contributed by atoms with Gasteiger partial charge in [0.2, 0.25) is 0 Å². The van der Waals surface area contributed by atoms with Crippen LogP contribution < -0.4 is 0 Å². The Balaban J connectivity index is 2.41. The maximum atomic E-state index is 9.79. The van der Waals surface area contributed by atoms with Gasteiger partial charge in [-0.3, -0.25) is 0 Å². The molecular formula is C15H24O4S. The van der Waals surface area contributed by atoms with Gasteiger partial charge in [-0.25, -0.2) is 0 Å². The zero-order chi connectivity index (χ0) is 15.0. The van der Waals surface area contributed by atoms with E-state index in [4.69, 9.17) is 14.2 Å². The monoisotopic (exact) mass is 300 g/mol. The van der Waals surface area contributed by atoms with Crippen molar-refractivity contribution in [2.24, 2.45) is 0 Å². The minimum atomic E-state index is -0.451. The summed E-state index contributed by atoms with van der Waals surface area (Å²) in [7, 11) is 3.23. The van der Waals surface area contributed by atoms with Crippen molar-refractivity contribution in [3.05, 3.63) is 29.8 Å². The van der Waals surface area contributed by atoms with Crippen LogP contribution in [-0.4, -0.2) is 43.9 Å². The van der Waals surface area contributed by atoms with Crippen LogP contribution in [0.1, 0.15) is 25.7 Å². The maximum Gasteiger partial charge on any atom is 0.183 e. The number of thioether (sulfide) groups is 1. The van der Waals surface area contributed by atoms with Crippen LogP contribution in [-0.2, 0) is 14.2 Å². The van der Waals surface area contributed by atoms with E-state index in [-0.39, 0.29) is 12.4 Å². The van der Waals surface area contributed by atoms with E-state index in [0.29, 0.717) is 12.4 Å². The van der Waals surface area contributed by atoms with E-state index < -0.39 is 6.10 Å². The molecule has 0 amide bonds. The van der Waals surface area contributed by atoms with Gasteiger partial charge in [0, 0.05) is 30.4 Å². The second-order valence-corrected chi connectivity index (χ2v) is 5.81. The van der Waals surface area contributed by atoms with E-state index in [1.54, 1.807) is 26.0 Å². The summed E-state index contributed by atoms with van der Waals surface area (Å²) in [6.45, 7) is 4.29. The van der Waals surface area contributed by atoms with Gasteiger partial charge in [0.15, 0.2) is 6.29 Å². The Bertz CT molecular complexity index is 363. The molecule has 0 aromatic heterocycles. The summed E-state index contributed by atoms with van der Waals surface area (Å²) in [5, 5.41) is 9.79. The molecule has 1 N–H and O–H groups in total. The van der Waals surface area contributed by atoms with Gasteiger partial charge in [-0.05, 0) is 26.0 Å². The first-order valence-corrected chi connectivity index (χ1v) is 7.63. The number of hydrogen-bond donors (Lipinski definition) is 1. The van der Waals surface area contributed by atoms with E-state index in [9.17, 15) is 5.11 Å². The van der Waals surface area contributed by atoms with Gasteiger partial charge < -0.3 is 19.3 Å². The first-order valence-electron chi connectivity index (χ1n) is 6.64. The number of hydrogen-bond acceptors (Lipinski definition) is 5. The molecule has 0 aliphatic carbocycles. The molecule has 0 spiro atoms. The normalized spacial score (nSPS) is 13.2. The standard InChI is InChI=1S/C15H24O4S/c1-11(2)19-9-13(16)10-20-14-7-5-12(6-8-14)15(17-3)18-4/h5-8,11,13,15-16H,9-10H2,1-4H3. The molecule has 1 atom stereocenters. The molecule has 0 aliphatic rings. The molecule has 0 saturated heterocycles. The van der Waals surface area contributed by atoms with Crippen molar-refractivity contribution in [1.82, 2.24) is 0 Å². The van der Waals surface area contributed by atoms with Crippen molar-refractivity contribution >= 4 is 11.8 Å². The number of benzene rings is 1. The fraction of sp³-hybridized carbons (Fsp3) is 0.600. The Kier molecular flexibility index (Phi) is 8.18. The predicted octanol–water partition coefficient (Wildman–Crippen LogP) is 2.86. The Morgan fingerprint density at radius 3 is 2.20 bits per heavy atom. The van der Waals surface area contributed by atoms with Crippen LogP contribution in [0, 0.1) is 0 Å². The molecule has 1 aromatic rings. The highest BCUT2D eigenvalue weighted by Crippen LogP contribution is 2.23. The molecule has 0 heterocycles. The number of methoxy groups -OCH3 is 2. The van der Waals surface area contributed by atoms with Crippen LogP contribution >= 0.6 is 11.8 Å². The molecule has 5 heteroatoms. The number of aliphatic hydroxyl groups excluding tert-OH is 1. The van der Waals surface area contributed by atoms with Gasteiger partial charge in [0.25, 0.3) is 0 Å². The van der Waals surface area contributed by atoms with Crippen molar-refractivity contribution in [3.63, 3.8) is 0 Å². The molecule has 4 nitrogen and oxygen atoms in total. The van der Waals surface area contributed by atoms with E-state index >= 15 is 0 Å². The van der Waals surface area contributed by atoms with E-state index in [2.05, 4.69) is 0 Å². The van der Waals surface area contributed by atoms with Crippen molar-refractivity contribution in [3.8, 4) is 0 Å². The maximum absolute atomic E-state index is 9.79. The van der Waals surface area contributed by atoms with Crippen molar-refractivity contribution in [1.29, 1.82) is 0 Å². The molecule has 1 aromatic carbocycles. The lowest BCUT2D eigenvalue weighted by atomic mass is 10.2. The molecular weight excluding hydrogens is 276 g/mol. The highest BCUT2D eigenvalue weighted by Gasteiger charge is 2.10. The van der Waals surface area contributed by atoms with E-state index in [1.165, 1.54) is 0 Å². The number of rotatable bonds is 9. The third kappa shape index (κ3) is 6.24. The molecule has 0 bridgehead atoms. The lowest BCUT2D eigenvalue weighted by Crippen LogP contribution is -2.20. The van der Waals surface area contributed by atoms with Gasteiger partial charge in [-0.1, -0.05) is 12.1 Å². The summed E-state index contributed by atoms with van der Waals surface area (Å²) in [6, 6.07) is 7.94. The van der Waals surface area contributed by atoms with Gasteiger partial charge in [-0.15, -0.1) is 11.8 Å². The summed E-state index contributed by atoms with van der Waals surface area (Å²) >= 11 is 1.60. The van der Waals surface area contributed by atoms with Crippen LogP contribution in [0.2, 0.25) is 0 Å². The molecule has 0 radical (unpaired) electrons. The highest BCUT2D eigenvalue weighted by atomic mass is 32.2. The molecule has 1 rings (SSSR count). The summed E-state index contributed by atoms with van der Waals surface area (Å²) in [4.78, 5) is 1.10. The fourth-order valence-electron chi connectivity index (χ4n) is 1.63. The molecule has 0 fully saturated rings. The first kappa shape index (κ1) is 17.5. The van der Waals surface area contributed by atoms with Crippen LogP contribution in [0.3, 0.4) is 0 Å². The Morgan fingerprint density at radius 2 is 1.70 bits per heavy atom. The Labute approximate surface area is 125 Å². The SMILES string of the molecule is COC(OC)c1ccc(SCC(O)COC(C)C)cc1. The quantitative estimate of drug-likeness (QED) is 0.561. The molecule has 0 aliphatic heterocycles. The Morgan fingerprint density at radius 1 is 1.10 bits per heavy atom. The molecule has 1 unspecified atom stereocenters. The zero-order valence-electron chi connectivity index (χ0n) is 12.5. The minimum Gasteiger partial charge on any atom is -0.390 e. The first-order chi connectivity index (χ1) is 9.56. The van der Waals surface area contributed by atoms with Gasteiger partial charge in [-0.2, -0.15) is 0 Å². The van der Waals surface area contributed by atoms with Gasteiger partial charge in [0.1, 0.15) is 0 Å². The lowest BCUT2D eigenvalue weighted by molar-refractivity contribution is -0.106. The third-order valence-corrected chi connectivity index (χ3v) is 3.80. The molecule has 20 heavy (non-hydrogen) atoms. The second-order valence-electron chi connectivity index (χ2n) is 4.72. The van der Waals surface area contributed by atoms with E-state index in [1.807, 2.05) is 38.1 Å². The molecule has 0 saturated carbocycles. The van der Waals surface area contributed by atoms with Gasteiger partial charge in [0.05, 0.1) is 18.8 Å². The van der Waals surface area contributed by atoms with Gasteiger partial charge >= 0.3 is 0 Å². The average molecular weight is 300 g/mol. The van der Waals surface area contributed by atoms with E-state index in [0.717, 1.165) is 10.5 Å². The van der Waals surface area contributed by atoms with Crippen molar-refractivity contribution in [2.45, 2.75) is 37.2 Å². The lowest BCUT2D eigenvalue weighted by Gasteiger charge is -2.15. The second kappa shape index (κ2) is 9.37. The fourth-order valence-corrected chi connectivity index (χ4v) is 2.44. The summed E-state index contributed by atoms with van der Waals surface area (Å²) in [6.07, 6.45) is -0.638. The number of ether oxygens (including phenoxy) is 3. The van der Waals surface area contributed by atoms with Crippen LogP contribution in [0.15, 0.2) is 29.2 Å². The van der Waals surface area contributed by atoms with Crippen LogP contribution in [0.4, 0.5) is 0 Å². The summed E-state index contributed by atoms with van der Waals surface area (Å²) in [5.74, 6) is 0.615. The smallest absolute Gasteiger partial charge is 0.183 e. The average Bonchev–Trinajstić information content (AvgIpc) is 2.45.